The average molecular weight is 274 g/mol. The van der Waals surface area contributed by atoms with Crippen molar-refractivity contribution in [1.29, 1.82) is 0 Å². The van der Waals surface area contributed by atoms with E-state index in [4.69, 9.17) is 10.5 Å². The van der Waals surface area contributed by atoms with Gasteiger partial charge in [0.1, 0.15) is 12.4 Å². The zero-order chi connectivity index (χ0) is 14.0. The number of hydrogen-bond donors (Lipinski definition) is 2. The van der Waals surface area contributed by atoms with E-state index in [0.717, 1.165) is 12.1 Å². The Morgan fingerprint density at radius 2 is 2.16 bits per heavy atom. The quantitative estimate of drug-likeness (QED) is 0.828. The summed E-state index contributed by atoms with van der Waals surface area (Å²) in [4.78, 5) is 11.0. The molecular formula is C12H13F3N2O2. The smallest absolute Gasteiger partial charge is 0.416 e. The fourth-order valence-electron chi connectivity index (χ4n) is 1.85. The van der Waals surface area contributed by atoms with Gasteiger partial charge in [0.2, 0.25) is 5.91 Å². The van der Waals surface area contributed by atoms with Gasteiger partial charge in [0.15, 0.2) is 0 Å². The summed E-state index contributed by atoms with van der Waals surface area (Å²) in [6.07, 6.45) is -3.33. The van der Waals surface area contributed by atoms with E-state index in [1.54, 1.807) is 0 Å². The number of nitrogens with one attached hydrogen (secondary N) is 1. The van der Waals surface area contributed by atoms with Gasteiger partial charge < -0.3 is 15.8 Å². The van der Waals surface area contributed by atoms with E-state index in [-0.39, 0.29) is 30.0 Å². The molecule has 0 aliphatic carbocycles. The molecule has 1 aromatic rings. The topological polar surface area (TPSA) is 64.3 Å². The third-order valence-corrected chi connectivity index (χ3v) is 2.86. The van der Waals surface area contributed by atoms with Crippen molar-refractivity contribution in [2.75, 3.05) is 12.3 Å². The lowest BCUT2D eigenvalue weighted by Gasteiger charge is -2.14. The molecular weight excluding hydrogens is 261 g/mol. The summed E-state index contributed by atoms with van der Waals surface area (Å²) >= 11 is 0. The highest BCUT2D eigenvalue weighted by Crippen LogP contribution is 2.33. The highest BCUT2D eigenvalue weighted by Gasteiger charge is 2.31. The minimum absolute atomic E-state index is 0.0472. The molecule has 0 aromatic heterocycles. The maximum atomic E-state index is 12.4. The van der Waals surface area contributed by atoms with E-state index >= 15 is 0 Å². The van der Waals surface area contributed by atoms with Crippen LogP contribution in [-0.2, 0) is 11.0 Å². The number of carbonyl (C=O) groups is 1. The summed E-state index contributed by atoms with van der Waals surface area (Å²) in [7, 11) is 0. The molecule has 1 aliphatic rings. The van der Waals surface area contributed by atoms with Gasteiger partial charge in [-0.1, -0.05) is 0 Å². The monoisotopic (exact) mass is 274 g/mol. The summed E-state index contributed by atoms with van der Waals surface area (Å²) in [5, 5.41) is 2.69. The number of hydrogen-bond acceptors (Lipinski definition) is 3. The van der Waals surface area contributed by atoms with Crippen LogP contribution in [0.1, 0.15) is 18.4 Å². The highest BCUT2D eigenvalue weighted by atomic mass is 19.4. The second kappa shape index (κ2) is 4.99. The fourth-order valence-corrected chi connectivity index (χ4v) is 1.85. The molecule has 19 heavy (non-hydrogen) atoms. The Labute approximate surface area is 107 Å². The molecule has 1 fully saturated rings. The molecule has 3 N–H and O–H groups in total. The number of benzene rings is 1. The van der Waals surface area contributed by atoms with Crippen LogP contribution < -0.4 is 15.8 Å². The van der Waals surface area contributed by atoms with Gasteiger partial charge in [0.05, 0.1) is 17.3 Å². The molecule has 1 unspecified atom stereocenters. The van der Waals surface area contributed by atoms with Gasteiger partial charge in [-0.05, 0) is 24.6 Å². The predicted molar refractivity (Wildman–Crippen MR) is 62.5 cm³/mol. The highest BCUT2D eigenvalue weighted by molar-refractivity contribution is 5.78. The molecule has 1 heterocycles. The van der Waals surface area contributed by atoms with E-state index in [0.29, 0.717) is 12.8 Å². The largest absolute Gasteiger partial charge is 0.489 e. The van der Waals surface area contributed by atoms with Crippen LogP contribution >= 0.6 is 0 Å². The first-order valence-electron chi connectivity index (χ1n) is 5.75. The van der Waals surface area contributed by atoms with Crippen LogP contribution in [0.25, 0.3) is 0 Å². The molecule has 0 bridgehead atoms. The molecule has 1 amide bonds. The van der Waals surface area contributed by atoms with Crippen molar-refractivity contribution < 1.29 is 22.7 Å². The van der Waals surface area contributed by atoms with E-state index in [1.807, 2.05) is 0 Å². The molecule has 2 rings (SSSR count). The number of rotatable bonds is 3. The molecule has 1 aromatic carbocycles. The first-order valence-corrected chi connectivity index (χ1v) is 5.75. The van der Waals surface area contributed by atoms with Crippen LogP contribution in [0.3, 0.4) is 0 Å². The summed E-state index contributed by atoms with van der Waals surface area (Å²) in [5.74, 6) is 0.142. The first kappa shape index (κ1) is 13.5. The molecule has 0 spiro atoms. The van der Waals surface area contributed by atoms with Gasteiger partial charge in [0, 0.05) is 6.42 Å². The maximum Gasteiger partial charge on any atom is 0.416 e. The number of carbonyl (C=O) groups excluding carboxylic acids is 1. The van der Waals surface area contributed by atoms with Crippen molar-refractivity contribution in [2.45, 2.75) is 25.1 Å². The van der Waals surface area contributed by atoms with E-state index in [1.165, 1.54) is 6.07 Å². The lowest BCUT2D eigenvalue weighted by atomic mass is 10.2. The standard InChI is InChI=1S/C12H13F3N2O2/c13-12(14,15)7-1-3-10(9(16)5-7)19-6-8-2-4-11(18)17-8/h1,3,5,8H,2,4,6,16H2,(H,17,18). The molecule has 0 saturated carbocycles. The van der Waals surface area contributed by atoms with Crippen molar-refractivity contribution in [3.05, 3.63) is 23.8 Å². The van der Waals surface area contributed by atoms with Crippen molar-refractivity contribution in [3.8, 4) is 5.75 Å². The van der Waals surface area contributed by atoms with Gasteiger partial charge in [0.25, 0.3) is 0 Å². The zero-order valence-electron chi connectivity index (χ0n) is 9.96. The third-order valence-electron chi connectivity index (χ3n) is 2.86. The van der Waals surface area contributed by atoms with Gasteiger partial charge >= 0.3 is 6.18 Å². The number of alkyl halides is 3. The number of halogens is 3. The third kappa shape index (κ3) is 3.30. The molecule has 104 valence electrons. The minimum atomic E-state index is -4.42. The Bertz CT molecular complexity index is 488. The van der Waals surface area contributed by atoms with Gasteiger partial charge in [-0.2, -0.15) is 13.2 Å². The number of nitrogens with two attached hydrogens (primary N) is 1. The molecule has 1 saturated heterocycles. The van der Waals surface area contributed by atoms with Crippen molar-refractivity contribution in [3.63, 3.8) is 0 Å². The van der Waals surface area contributed by atoms with E-state index in [2.05, 4.69) is 5.32 Å². The average Bonchev–Trinajstić information content (AvgIpc) is 2.72. The Balaban J connectivity index is 1.99. The van der Waals surface area contributed by atoms with Crippen LogP contribution in [0.15, 0.2) is 18.2 Å². The van der Waals surface area contributed by atoms with Crippen LogP contribution in [0.2, 0.25) is 0 Å². The number of ether oxygens (including phenoxy) is 1. The van der Waals surface area contributed by atoms with Gasteiger partial charge in [-0.15, -0.1) is 0 Å². The first-order chi connectivity index (χ1) is 8.86. The summed E-state index contributed by atoms with van der Waals surface area (Å²) in [6.45, 7) is 0.196. The van der Waals surface area contributed by atoms with Crippen LogP contribution in [0.5, 0.6) is 5.75 Å². The summed E-state index contributed by atoms with van der Waals surface area (Å²) in [6, 6.07) is 2.82. The second-order valence-electron chi connectivity index (χ2n) is 4.36. The Hall–Kier alpha value is -1.92. The molecule has 1 atom stereocenters. The minimum Gasteiger partial charge on any atom is -0.489 e. The van der Waals surface area contributed by atoms with Crippen LogP contribution in [0, 0.1) is 0 Å². The van der Waals surface area contributed by atoms with Crippen molar-refractivity contribution in [1.82, 2.24) is 5.32 Å². The van der Waals surface area contributed by atoms with Gasteiger partial charge in [-0.3, -0.25) is 4.79 Å². The Kier molecular flexibility index (Phi) is 3.55. The SMILES string of the molecule is Nc1cc(C(F)(F)F)ccc1OCC1CCC(=O)N1. The molecule has 1 aliphatic heterocycles. The molecule has 4 nitrogen and oxygen atoms in total. The molecule has 0 radical (unpaired) electrons. The number of amides is 1. The molecule has 7 heteroatoms. The van der Waals surface area contributed by atoms with E-state index < -0.39 is 11.7 Å². The Morgan fingerprint density at radius 1 is 1.42 bits per heavy atom. The van der Waals surface area contributed by atoms with Crippen LogP contribution in [-0.4, -0.2) is 18.6 Å². The number of anilines is 1. The van der Waals surface area contributed by atoms with E-state index in [9.17, 15) is 18.0 Å². The normalized spacial score (nSPS) is 19.3. The zero-order valence-corrected chi connectivity index (χ0v) is 9.96. The predicted octanol–water partition coefficient (Wildman–Crippen LogP) is 1.94. The lowest BCUT2D eigenvalue weighted by molar-refractivity contribution is -0.137. The van der Waals surface area contributed by atoms with Crippen molar-refractivity contribution >= 4 is 11.6 Å². The summed E-state index contributed by atoms with van der Waals surface area (Å²) < 4.78 is 42.6. The summed E-state index contributed by atoms with van der Waals surface area (Å²) in [5.41, 5.74) is 4.63. The maximum absolute atomic E-state index is 12.4. The van der Waals surface area contributed by atoms with Gasteiger partial charge in [-0.25, -0.2) is 0 Å². The fraction of sp³-hybridized carbons (Fsp3) is 0.417. The Morgan fingerprint density at radius 3 is 2.68 bits per heavy atom. The lowest BCUT2D eigenvalue weighted by Crippen LogP contribution is -2.31. The van der Waals surface area contributed by atoms with Crippen molar-refractivity contribution in [2.24, 2.45) is 0 Å². The van der Waals surface area contributed by atoms with Crippen LogP contribution in [0.4, 0.5) is 18.9 Å². The number of nitrogen functional groups attached to an aromatic ring is 1. The second-order valence-corrected chi connectivity index (χ2v) is 4.36.